The van der Waals surface area contributed by atoms with E-state index in [4.69, 9.17) is 0 Å². The number of hydrogen-bond donors (Lipinski definition) is 0. The quantitative estimate of drug-likeness (QED) is 0.656. The zero-order valence-corrected chi connectivity index (χ0v) is 13.6. The summed E-state index contributed by atoms with van der Waals surface area (Å²) >= 11 is 0. The highest BCUT2D eigenvalue weighted by Gasteiger charge is 2.20. The maximum Gasteiger partial charge on any atom is 0.0507 e. The van der Waals surface area contributed by atoms with Gasteiger partial charge >= 0.3 is 0 Å². The van der Waals surface area contributed by atoms with Gasteiger partial charge in [-0.1, -0.05) is 12.2 Å². The van der Waals surface area contributed by atoms with Gasteiger partial charge in [0, 0.05) is 45.8 Å². The van der Waals surface area contributed by atoms with E-state index in [1.165, 1.54) is 91.3 Å². The summed E-state index contributed by atoms with van der Waals surface area (Å²) in [7, 11) is 0. The molecule has 3 heterocycles. The van der Waals surface area contributed by atoms with Gasteiger partial charge in [0.25, 0.3) is 0 Å². The Morgan fingerprint density at radius 3 is 2.10 bits per heavy atom. The van der Waals surface area contributed by atoms with Crippen LogP contribution in [0, 0.1) is 0 Å². The molecule has 0 radical (unpaired) electrons. The van der Waals surface area contributed by atoms with Gasteiger partial charge in [0.05, 0.1) is 6.67 Å². The third kappa shape index (κ3) is 5.06. The van der Waals surface area contributed by atoms with Crippen LogP contribution >= 0.6 is 0 Å². The SMILES string of the molecule is C1=CCN(CCN2CCN(CCCN3CCCC3)C2)CC1. The molecule has 2 saturated heterocycles. The third-order valence-electron chi connectivity index (χ3n) is 5.15. The van der Waals surface area contributed by atoms with Crippen LogP contribution in [0.1, 0.15) is 25.7 Å². The van der Waals surface area contributed by atoms with Crippen molar-refractivity contribution >= 4 is 0 Å². The summed E-state index contributed by atoms with van der Waals surface area (Å²) in [5.74, 6) is 0. The normalized spacial score (nSPS) is 26.1. The highest BCUT2D eigenvalue weighted by atomic mass is 15.4. The van der Waals surface area contributed by atoms with E-state index in [2.05, 4.69) is 31.8 Å². The molecule has 0 aromatic carbocycles. The molecular weight excluding hydrogens is 260 g/mol. The molecule has 3 aliphatic rings. The minimum absolute atomic E-state index is 1.16. The molecule has 0 unspecified atom stereocenters. The Morgan fingerprint density at radius 2 is 1.33 bits per heavy atom. The molecule has 0 aromatic rings. The first-order chi connectivity index (χ1) is 10.4. The molecular formula is C17H32N4. The highest BCUT2D eigenvalue weighted by Crippen LogP contribution is 2.10. The molecule has 0 bridgehead atoms. The smallest absolute Gasteiger partial charge is 0.0507 e. The van der Waals surface area contributed by atoms with E-state index < -0.39 is 0 Å². The van der Waals surface area contributed by atoms with Crippen LogP contribution in [0.4, 0.5) is 0 Å². The Kier molecular flexibility index (Phi) is 6.10. The molecule has 3 rings (SSSR count). The summed E-state index contributed by atoms with van der Waals surface area (Å²) < 4.78 is 0. The minimum Gasteiger partial charge on any atom is -0.303 e. The van der Waals surface area contributed by atoms with E-state index in [-0.39, 0.29) is 0 Å². The number of nitrogens with zero attached hydrogens (tertiary/aromatic N) is 4. The lowest BCUT2D eigenvalue weighted by molar-refractivity contribution is 0.201. The zero-order chi connectivity index (χ0) is 14.3. The average Bonchev–Trinajstić information content (AvgIpc) is 3.18. The molecule has 0 aliphatic carbocycles. The van der Waals surface area contributed by atoms with E-state index in [1.807, 2.05) is 0 Å². The van der Waals surface area contributed by atoms with Crippen molar-refractivity contribution in [1.29, 1.82) is 0 Å². The Bertz CT molecular complexity index is 325. The minimum atomic E-state index is 1.16. The fourth-order valence-corrected chi connectivity index (χ4v) is 3.77. The summed E-state index contributed by atoms with van der Waals surface area (Å²) in [6, 6.07) is 0. The fraction of sp³-hybridized carbons (Fsp3) is 0.882. The molecule has 4 heteroatoms. The van der Waals surface area contributed by atoms with E-state index in [1.54, 1.807) is 0 Å². The molecule has 0 spiro atoms. The van der Waals surface area contributed by atoms with E-state index in [0.717, 1.165) is 6.54 Å². The van der Waals surface area contributed by atoms with Crippen LogP contribution in [-0.2, 0) is 0 Å². The van der Waals surface area contributed by atoms with Gasteiger partial charge in [0.2, 0.25) is 0 Å². The number of rotatable bonds is 7. The summed E-state index contributed by atoms with van der Waals surface area (Å²) in [5, 5.41) is 0. The van der Waals surface area contributed by atoms with Crippen molar-refractivity contribution in [2.45, 2.75) is 25.7 Å². The van der Waals surface area contributed by atoms with Gasteiger partial charge in [-0.2, -0.15) is 0 Å². The van der Waals surface area contributed by atoms with E-state index in [0.29, 0.717) is 0 Å². The standard InChI is InChI=1S/C17H32N4/c1-2-7-19(8-3-1)13-14-21-16-15-20(17-21)12-6-11-18-9-4-5-10-18/h1-2H,3-17H2. The topological polar surface area (TPSA) is 13.0 Å². The van der Waals surface area contributed by atoms with Crippen LogP contribution in [-0.4, -0.2) is 91.7 Å². The molecule has 120 valence electrons. The van der Waals surface area contributed by atoms with Crippen LogP contribution in [0.3, 0.4) is 0 Å². The Balaban J connectivity index is 1.25. The van der Waals surface area contributed by atoms with Gasteiger partial charge in [-0.3, -0.25) is 14.7 Å². The van der Waals surface area contributed by atoms with Crippen LogP contribution in [0.2, 0.25) is 0 Å². The average molecular weight is 292 g/mol. The summed E-state index contributed by atoms with van der Waals surface area (Å²) in [5.41, 5.74) is 0. The van der Waals surface area contributed by atoms with Crippen LogP contribution in [0.15, 0.2) is 12.2 Å². The number of likely N-dealkylation sites (tertiary alicyclic amines) is 1. The van der Waals surface area contributed by atoms with Gasteiger partial charge < -0.3 is 4.90 Å². The molecule has 21 heavy (non-hydrogen) atoms. The van der Waals surface area contributed by atoms with Gasteiger partial charge in [-0.15, -0.1) is 0 Å². The largest absolute Gasteiger partial charge is 0.303 e. The molecule has 0 atom stereocenters. The Hall–Kier alpha value is -0.420. The predicted molar refractivity (Wildman–Crippen MR) is 88.5 cm³/mol. The summed E-state index contributed by atoms with van der Waals surface area (Å²) in [6.45, 7) is 13.9. The predicted octanol–water partition coefficient (Wildman–Crippen LogP) is 1.31. The maximum atomic E-state index is 2.65. The molecule has 2 fully saturated rings. The fourth-order valence-electron chi connectivity index (χ4n) is 3.77. The van der Waals surface area contributed by atoms with Gasteiger partial charge in [-0.05, 0) is 45.3 Å². The van der Waals surface area contributed by atoms with Gasteiger partial charge in [0.1, 0.15) is 0 Å². The van der Waals surface area contributed by atoms with Crippen LogP contribution in [0.5, 0.6) is 0 Å². The van der Waals surface area contributed by atoms with Crippen molar-refractivity contribution in [3.63, 3.8) is 0 Å². The van der Waals surface area contributed by atoms with Crippen molar-refractivity contribution in [3.8, 4) is 0 Å². The van der Waals surface area contributed by atoms with Crippen molar-refractivity contribution in [2.75, 3.05) is 72.1 Å². The lowest BCUT2D eigenvalue weighted by Crippen LogP contribution is -2.36. The first-order valence-corrected chi connectivity index (χ1v) is 8.94. The molecule has 4 nitrogen and oxygen atoms in total. The lowest BCUT2D eigenvalue weighted by atomic mass is 10.2. The maximum absolute atomic E-state index is 2.65. The molecule has 0 saturated carbocycles. The Labute approximate surface area is 130 Å². The second kappa shape index (κ2) is 8.28. The van der Waals surface area contributed by atoms with Crippen molar-refractivity contribution < 1.29 is 0 Å². The Morgan fingerprint density at radius 1 is 0.619 bits per heavy atom. The van der Waals surface area contributed by atoms with Crippen LogP contribution < -0.4 is 0 Å². The first kappa shape index (κ1) is 15.5. The van der Waals surface area contributed by atoms with Crippen molar-refractivity contribution in [3.05, 3.63) is 12.2 Å². The molecule has 0 N–H and O–H groups in total. The van der Waals surface area contributed by atoms with E-state index >= 15 is 0 Å². The van der Waals surface area contributed by atoms with E-state index in [9.17, 15) is 0 Å². The zero-order valence-electron chi connectivity index (χ0n) is 13.6. The summed E-state index contributed by atoms with van der Waals surface area (Å²) in [4.78, 5) is 10.5. The van der Waals surface area contributed by atoms with Gasteiger partial charge in [0.15, 0.2) is 0 Å². The van der Waals surface area contributed by atoms with Crippen LogP contribution in [0.25, 0.3) is 0 Å². The highest BCUT2D eigenvalue weighted by molar-refractivity contribution is 4.91. The lowest BCUT2D eigenvalue weighted by Gasteiger charge is -2.26. The monoisotopic (exact) mass is 292 g/mol. The third-order valence-corrected chi connectivity index (χ3v) is 5.15. The molecule has 0 aromatic heterocycles. The van der Waals surface area contributed by atoms with Crippen molar-refractivity contribution in [2.24, 2.45) is 0 Å². The first-order valence-electron chi connectivity index (χ1n) is 8.94. The second-order valence-electron chi connectivity index (χ2n) is 6.84. The van der Waals surface area contributed by atoms with Gasteiger partial charge in [-0.25, -0.2) is 0 Å². The molecule has 3 aliphatic heterocycles. The number of hydrogen-bond acceptors (Lipinski definition) is 4. The molecule has 0 amide bonds. The second-order valence-corrected chi connectivity index (χ2v) is 6.84. The van der Waals surface area contributed by atoms with Crippen molar-refractivity contribution in [1.82, 2.24) is 19.6 Å². The summed E-state index contributed by atoms with van der Waals surface area (Å²) in [6.07, 6.45) is 10.1.